The van der Waals surface area contributed by atoms with Gasteiger partial charge in [0.05, 0.1) is 36.7 Å². The quantitative estimate of drug-likeness (QED) is 0.709. The number of hydrogen-bond donors (Lipinski definition) is 1. The van der Waals surface area contributed by atoms with Crippen LogP contribution in [-0.2, 0) is 23.1 Å². The van der Waals surface area contributed by atoms with E-state index in [1.54, 1.807) is 24.9 Å². The minimum absolute atomic E-state index is 0.0982. The van der Waals surface area contributed by atoms with Crippen molar-refractivity contribution in [2.45, 2.75) is 26.8 Å². The molecule has 2 heterocycles. The maximum Gasteiger partial charge on any atom is 0.360 e. The predicted molar refractivity (Wildman–Crippen MR) is 97.0 cm³/mol. The number of nitrogens with zero attached hydrogens (tertiary/aromatic N) is 4. The summed E-state index contributed by atoms with van der Waals surface area (Å²) in [7, 11) is 2.98. The molecular formula is C18H21N5O3. The number of aryl methyl sites for hydroxylation is 3. The lowest BCUT2D eigenvalue weighted by atomic mass is 10.2. The number of esters is 1. The molecule has 26 heavy (non-hydrogen) atoms. The molecule has 0 aliphatic rings. The van der Waals surface area contributed by atoms with Gasteiger partial charge in [-0.25, -0.2) is 4.79 Å². The van der Waals surface area contributed by atoms with Crippen molar-refractivity contribution in [1.29, 1.82) is 0 Å². The second kappa shape index (κ2) is 6.99. The first-order valence-corrected chi connectivity index (χ1v) is 8.24. The fourth-order valence-electron chi connectivity index (χ4n) is 2.77. The zero-order valence-electron chi connectivity index (χ0n) is 15.2. The molecule has 136 valence electrons. The van der Waals surface area contributed by atoms with E-state index in [-0.39, 0.29) is 18.0 Å². The fraction of sp³-hybridized carbons (Fsp3) is 0.333. The molecule has 1 amide bonds. The zero-order valence-corrected chi connectivity index (χ0v) is 15.2. The van der Waals surface area contributed by atoms with Crippen molar-refractivity contribution in [1.82, 2.24) is 19.6 Å². The Hall–Kier alpha value is -3.16. The van der Waals surface area contributed by atoms with Crippen molar-refractivity contribution in [3.05, 3.63) is 41.3 Å². The molecular weight excluding hydrogens is 334 g/mol. The smallest absolute Gasteiger partial charge is 0.360 e. The lowest BCUT2D eigenvalue weighted by Crippen LogP contribution is -2.17. The molecule has 0 atom stereocenters. The molecule has 0 aliphatic heterocycles. The lowest BCUT2D eigenvalue weighted by Gasteiger charge is -2.07. The maximum atomic E-state index is 12.4. The highest BCUT2D eigenvalue weighted by atomic mass is 16.5. The average molecular weight is 355 g/mol. The van der Waals surface area contributed by atoms with Gasteiger partial charge < -0.3 is 10.1 Å². The number of anilines is 1. The normalized spacial score (nSPS) is 10.9. The van der Waals surface area contributed by atoms with Gasteiger partial charge >= 0.3 is 5.97 Å². The number of ether oxygens (including phenoxy) is 1. The van der Waals surface area contributed by atoms with Crippen molar-refractivity contribution in [3.63, 3.8) is 0 Å². The molecule has 3 aromatic rings. The van der Waals surface area contributed by atoms with E-state index in [4.69, 9.17) is 4.74 Å². The Labute approximate surface area is 150 Å². The van der Waals surface area contributed by atoms with E-state index < -0.39 is 5.97 Å². The van der Waals surface area contributed by atoms with Crippen LogP contribution in [0.25, 0.3) is 10.9 Å². The topological polar surface area (TPSA) is 91.0 Å². The molecule has 1 N–H and O–H groups in total. The van der Waals surface area contributed by atoms with E-state index >= 15 is 0 Å². The average Bonchev–Trinajstić information content (AvgIpc) is 3.14. The number of amides is 1. The monoisotopic (exact) mass is 355 g/mol. The first-order valence-electron chi connectivity index (χ1n) is 8.24. The van der Waals surface area contributed by atoms with E-state index in [0.717, 1.165) is 16.5 Å². The number of hydrogen-bond acceptors (Lipinski definition) is 5. The van der Waals surface area contributed by atoms with E-state index in [9.17, 15) is 9.59 Å². The number of carbonyl (C=O) groups excluding carboxylic acids is 2. The van der Waals surface area contributed by atoms with Crippen LogP contribution >= 0.6 is 0 Å². The van der Waals surface area contributed by atoms with E-state index in [2.05, 4.69) is 15.5 Å². The molecule has 1 aromatic carbocycles. The summed E-state index contributed by atoms with van der Waals surface area (Å²) in [5, 5.41) is 12.3. The van der Waals surface area contributed by atoms with Gasteiger partial charge in [-0.05, 0) is 25.5 Å². The highest BCUT2D eigenvalue weighted by molar-refractivity contribution is 6.00. The number of nitrogens with one attached hydrogen (secondary N) is 1. The van der Waals surface area contributed by atoms with Gasteiger partial charge in [0.1, 0.15) is 0 Å². The molecule has 0 aliphatic carbocycles. The molecule has 8 heteroatoms. The van der Waals surface area contributed by atoms with Crippen LogP contribution in [-0.4, -0.2) is 38.5 Å². The molecule has 0 radical (unpaired) electrons. The SMILES string of the molecule is COC(=O)c1nn(C)c(C)c1NC(=O)CCn1ncc2ccc(C)cc21. The van der Waals surface area contributed by atoms with Crippen LogP contribution in [0.2, 0.25) is 0 Å². The molecule has 0 saturated carbocycles. The lowest BCUT2D eigenvalue weighted by molar-refractivity contribution is -0.116. The van der Waals surface area contributed by atoms with Gasteiger partial charge in [0, 0.05) is 18.9 Å². The van der Waals surface area contributed by atoms with Gasteiger partial charge in [-0.15, -0.1) is 0 Å². The Morgan fingerprint density at radius 1 is 1.27 bits per heavy atom. The van der Waals surface area contributed by atoms with Gasteiger partial charge in [-0.1, -0.05) is 12.1 Å². The number of rotatable bonds is 5. The Kier molecular flexibility index (Phi) is 4.75. The van der Waals surface area contributed by atoms with Crippen LogP contribution in [0, 0.1) is 13.8 Å². The summed E-state index contributed by atoms with van der Waals surface area (Å²) in [5.41, 5.74) is 3.29. The van der Waals surface area contributed by atoms with E-state index in [1.807, 2.05) is 25.1 Å². The Balaban J connectivity index is 1.73. The van der Waals surface area contributed by atoms with Gasteiger partial charge in [-0.2, -0.15) is 10.2 Å². The van der Waals surface area contributed by atoms with Crippen LogP contribution in [0.1, 0.15) is 28.2 Å². The third-order valence-electron chi connectivity index (χ3n) is 4.33. The standard InChI is InChI=1S/C18H21N5O3/c1-11-5-6-13-10-19-23(14(13)9-11)8-7-15(24)20-16-12(2)22(3)21-17(16)18(25)26-4/h5-6,9-10H,7-8H2,1-4H3,(H,20,24). The molecule has 0 unspecified atom stereocenters. The summed E-state index contributed by atoms with van der Waals surface area (Å²) < 4.78 is 8.06. The van der Waals surface area contributed by atoms with Crippen LogP contribution in [0.4, 0.5) is 5.69 Å². The summed E-state index contributed by atoms with van der Waals surface area (Å²) >= 11 is 0. The summed E-state index contributed by atoms with van der Waals surface area (Å²) in [6.45, 7) is 4.23. The number of methoxy groups -OCH3 is 1. The highest BCUT2D eigenvalue weighted by Crippen LogP contribution is 2.21. The van der Waals surface area contributed by atoms with Gasteiger partial charge in [0.15, 0.2) is 5.69 Å². The Bertz CT molecular complexity index is 986. The van der Waals surface area contributed by atoms with E-state index in [0.29, 0.717) is 17.9 Å². The minimum atomic E-state index is -0.586. The van der Waals surface area contributed by atoms with Crippen LogP contribution in [0.5, 0.6) is 0 Å². The number of fused-ring (bicyclic) bond motifs is 1. The first kappa shape index (κ1) is 17.7. The first-order chi connectivity index (χ1) is 12.4. The number of carbonyl (C=O) groups is 2. The summed E-state index contributed by atoms with van der Waals surface area (Å²) in [6.07, 6.45) is 2.01. The largest absolute Gasteiger partial charge is 0.464 e. The minimum Gasteiger partial charge on any atom is -0.464 e. The van der Waals surface area contributed by atoms with Crippen LogP contribution in [0.15, 0.2) is 24.4 Å². The van der Waals surface area contributed by atoms with Gasteiger partial charge in [0.25, 0.3) is 0 Å². The predicted octanol–water partition coefficient (Wildman–Crippen LogP) is 2.20. The highest BCUT2D eigenvalue weighted by Gasteiger charge is 2.22. The van der Waals surface area contributed by atoms with Crippen molar-refractivity contribution in [2.24, 2.45) is 7.05 Å². The van der Waals surface area contributed by atoms with Crippen molar-refractivity contribution in [2.75, 3.05) is 12.4 Å². The molecule has 0 bridgehead atoms. The zero-order chi connectivity index (χ0) is 18.8. The molecule has 0 spiro atoms. The maximum absolute atomic E-state index is 12.4. The number of benzene rings is 1. The summed E-state index contributed by atoms with van der Waals surface area (Å²) in [6, 6.07) is 6.08. The van der Waals surface area contributed by atoms with Crippen LogP contribution < -0.4 is 5.32 Å². The molecule has 2 aromatic heterocycles. The van der Waals surface area contributed by atoms with Crippen LogP contribution in [0.3, 0.4) is 0 Å². The fourth-order valence-corrected chi connectivity index (χ4v) is 2.77. The van der Waals surface area contributed by atoms with Gasteiger partial charge in [0.2, 0.25) is 5.91 Å². The molecule has 3 rings (SSSR count). The third-order valence-corrected chi connectivity index (χ3v) is 4.33. The van der Waals surface area contributed by atoms with Crippen molar-refractivity contribution >= 4 is 28.5 Å². The third kappa shape index (κ3) is 3.30. The Morgan fingerprint density at radius 2 is 2.04 bits per heavy atom. The molecule has 0 fully saturated rings. The van der Waals surface area contributed by atoms with Crippen molar-refractivity contribution in [3.8, 4) is 0 Å². The Morgan fingerprint density at radius 3 is 2.77 bits per heavy atom. The molecule has 8 nitrogen and oxygen atoms in total. The summed E-state index contributed by atoms with van der Waals surface area (Å²) in [5.74, 6) is -0.805. The van der Waals surface area contributed by atoms with E-state index in [1.165, 1.54) is 11.8 Å². The second-order valence-corrected chi connectivity index (χ2v) is 6.15. The second-order valence-electron chi connectivity index (χ2n) is 6.15. The van der Waals surface area contributed by atoms with Gasteiger partial charge in [-0.3, -0.25) is 14.2 Å². The summed E-state index contributed by atoms with van der Waals surface area (Å²) in [4.78, 5) is 24.2. The number of aromatic nitrogens is 4. The van der Waals surface area contributed by atoms with Crippen molar-refractivity contribution < 1.29 is 14.3 Å². The molecule has 0 saturated heterocycles.